The number of carbonyl (C=O) groups excluding carboxylic acids is 1. The summed E-state index contributed by atoms with van der Waals surface area (Å²) in [4.78, 5) is 12.7. The van der Waals surface area contributed by atoms with Crippen molar-refractivity contribution in [2.75, 3.05) is 0 Å². The third kappa shape index (κ3) is 5.90. The van der Waals surface area contributed by atoms with E-state index >= 15 is 0 Å². The molecule has 0 spiro atoms. The molecule has 6 heteroatoms. The lowest BCUT2D eigenvalue weighted by Crippen LogP contribution is -1.99. The number of benzene rings is 3. The molecule has 0 aliphatic heterocycles. The zero-order valence-electron chi connectivity index (χ0n) is 19.4. The average molecular weight is 456 g/mol. The number of hydrogen-bond acceptors (Lipinski definition) is 5. The van der Waals surface area contributed by atoms with E-state index in [-0.39, 0.29) is 23.7 Å². The van der Waals surface area contributed by atoms with Crippen LogP contribution in [0.5, 0.6) is 11.5 Å². The van der Waals surface area contributed by atoms with Crippen LogP contribution >= 0.6 is 0 Å². The molecule has 0 fully saturated rings. The molecule has 6 nitrogen and oxygen atoms in total. The van der Waals surface area contributed by atoms with E-state index in [1.54, 1.807) is 18.2 Å². The van der Waals surface area contributed by atoms with Crippen molar-refractivity contribution in [1.82, 2.24) is 15.0 Å². The monoisotopic (exact) mass is 455 g/mol. The first kappa shape index (κ1) is 23.2. The van der Waals surface area contributed by atoms with Crippen molar-refractivity contribution in [1.29, 1.82) is 0 Å². The number of hydrogen-bond donors (Lipinski definition) is 1. The fraction of sp³-hybridized carbons (Fsp3) is 0.250. The number of ether oxygens (including phenoxy) is 1. The molecule has 0 radical (unpaired) electrons. The first-order valence-corrected chi connectivity index (χ1v) is 11.7. The molecule has 4 aromatic rings. The normalized spacial score (nSPS) is 11.3. The minimum atomic E-state index is -0.275. The van der Waals surface area contributed by atoms with Gasteiger partial charge in [0.25, 0.3) is 0 Å². The van der Waals surface area contributed by atoms with Crippen LogP contribution in [-0.2, 0) is 13.2 Å². The van der Waals surface area contributed by atoms with Crippen molar-refractivity contribution in [3.05, 3.63) is 89.8 Å². The Morgan fingerprint density at radius 1 is 1.06 bits per heavy atom. The number of rotatable bonds is 11. The molecule has 1 heterocycles. The lowest BCUT2D eigenvalue weighted by Gasteiger charge is -2.07. The van der Waals surface area contributed by atoms with Gasteiger partial charge in [0.15, 0.2) is 5.78 Å². The Labute approximate surface area is 199 Å². The molecule has 1 N–H and O–H groups in total. The number of allylic oxidation sites excluding steroid dienone is 1. The maximum absolute atomic E-state index is 12.7. The van der Waals surface area contributed by atoms with Gasteiger partial charge in [-0.2, -0.15) is 0 Å². The summed E-state index contributed by atoms with van der Waals surface area (Å²) in [5.41, 5.74) is 1.89. The number of phenolic OH excluding ortho intramolecular Hbond substituents is 1. The molecule has 0 aliphatic carbocycles. The molecule has 0 amide bonds. The highest BCUT2D eigenvalue weighted by Crippen LogP contribution is 2.26. The summed E-state index contributed by atoms with van der Waals surface area (Å²) in [5, 5.41) is 20.9. The molecule has 174 valence electrons. The Kier molecular flexibility index (Phi) is 7.71. The maximum Gasteiger partial charge on any atom is 0.189 e. The van der Waals surface area contributed by atoms with E-state index in [0.29, 0.717) is 11.4 Å². The third-order valence-corrected chi connectivity index (χ3v) is 5.69. The fourth-order valence-corrected chi connectivity index (χ4v) is 3.83. The van der Waals surface area contributed by atoms with Gasteiger partial charge in [-0.15, -0.1) is 5.10 Å². The molecule has 4 rings (SSSR count). The predicted octanol–water partition coefficient (Wildman–Crippen LogP) is 6.19. The van der Waals surface area contributed by atoms with Crippen LogP contribution in [0, 0.1) is 0 Å². The molecule has 0 aliphatic rings. The lowest BCUT2D eigenvalue weighted by atomic mass is 10.0. The van der Waals surface area contributed by atoms with E-state index < -0.39 is 0 Å². The summed E-state index contributed by atoms with van der Waals surface area (Å²) < 4.78 is 7.57. The van der Waals surface area contributed by atoms with Crippen LogP contribution in [0.1, 0.15) is 54.2 Å². The standard InChI is InChI=1S/C28H29N3O3/c1-2-3-4-7-17-31-19-23(29-30-31)20-34-24-14-15-26(28(33)18-24)27(32)16-13-22-11-8-10-21-9-5-6-12-25(21)22/h5-6,8-16,18-19,33H,2-4,7,17,20H2,1H3/b16-13+. The highest BCUT2D eigenvalue weighted by atomic mass is 16.5. The van der Waals surface area contributed by atoms with E-state index in [2.05, 4.69) is 17.2 Å². The predicted molar refractivity (Wildman–Crippen MR) is 134 cm³/mol. The smallest absolute Gasteiger partial charge is 0.189 e. The molecule has 3 aromatic carbocycles. The quantitative estimate of drug-likeness (QED) is 0.166. The van der Waals surface area contributed by atoms with Crippen LogP contribution in [-0.4, -0.2) is 25.9 Å². The molecule has 0 saturated heterocycles. The highest BCUT2D eigenvalue weighted by Gasteiger charge is 2.11. The van der Waals surface area contributed by atoms with Gasteiger partial charge < -0.3 is 9.84 Å². The third-order valence-electron chi connectivity index (χ3n) is 5.69. The van der Waals surface area contributed by atoms with Crippen molar-refractivity contribution >= 4 is 22.6 Å². The van der Waals surface area contributed by atoms with Gasteiger partial charge in [-0.1, -0.05) is 79.9 Å². The number of aryl methyl sites for hydroxylation is 1. The van der Waals surface area contributed by atoms with Gasteiger partial charge in [0.05, 0.1) is 11.8 Å². The van der Waals surface area contributed by atoms with Gasteiger partial charge in [-0.05, 0) is 41.0 Å². The molecule has 0 atom stereocenters. The minimum absolute atomic E-state index is 0.121. The van der Waals surface area contributed by atoms with Crippen molar-refractivity contribution in [2.24, 2.45) is 0 Å². The Hall–Kier alpha value is -3.93. The van der Waals surface area contributed by atoms with E-state index in [9.17, 15) is 9.90 Å². The number of ketones is 1. The van der Waals surface area contributed by atoms with E-state index in [1.807, 2.05) is 53.3 Å². The van der Waals surface area contributed by atoms with Gasteiger partial charge in [0.2, 0.25) is 0 Å². The van der Waals surface area contributed by atoms with Crippen LogP contribution in [0.25, 0.3) is 16.8 Å². The summed E-state index contributed by atoms with van der Waals surface area (Å²) in [5.74, 6) is 0.0669. The van der Waals surface area contributed by atoms with Gasteiger partial charge in [-0.25, -0.2) is 0 Å². The van der Waals surface area contributed by atoms with Gasteiger partial charge in [0, 0.05) is 12.6 Å². The Morgan fingerprint density at radius 3 is 2.76 bits per heavy atom. The summed E-state index contributed by atoms with van der Waals surface area (Å²) in [6.45, 7) is 3.27. The molecule has 0 saturated carbocycles. The van der Waals surface area contributed by atoms with Crippen LogP contribution in [0.3, 0.4) is 0 Å². The number of aromatic hydroxyl groups is 1. The number of aromatic nitrogens is 3. The number of carbonyl (C=O) groups is 1. The van der Waals surface area contributed by atoms with Crippen molar-refractivity contribution in [3.63, 3.8) is 0 Å². The molecular formula is C28H29N3O3. The Morgan fingerprint density at radius 2 is 1.91 bits per heavy atom. The van der Waals surface area contributed by atoms with Crippen molar-refractivity contribution < 1.29 is 14.6 Å². The summed E-state index contributed by atoms with van der Waals surface area (Å²) in [6, 6.07) is 18.7. The van der Waals surface area contributed by atoms with Gasteiger partial charge in [0.1, 0.15) is 23.8 Å². The second-order valence-corrected chi connectivity index (χ2v) is 8.27. The van der Waals surface area contributed by atoms with Crippen LogP contribution < -0.4 is 4.74 Å². The summed E-state index contributed by atoms with van der Waals surface area (Å²) in [7, 11) is 0. The first-order chi connectivity index (χ1) is 16.6. The average Bonchev–Trinajstić information content (AvgIpc) is 3.31. The number of phenols is 1. The largest absolute Gasteiger partial charge is 0.507 e. The topological polar surface area (TPSA) is 77.2 Å². The SMILES string of the molecule is CCCCCCn1cc(COc2ccc(C(=O)/C=C/c3cccc4ccccc34)c(O)c2)nn1. The number of nitrogens with zero attached hydrogens (tertiary/aromatic N) is 3. The lowest BCUT2D eigenvalue weighted by molar-refractivity contribution is 0.104. The van der Waals surface area contributed by atoms with E-state index in [1.165, 1.54) is 31.4 Å². The second-order valence-electron chi connectivity index (χ2n) is 8.27. The zero-order valence-corrected chi connectivity index (χ0v) is 19.4. The van der Waals surface area contributed by atoms with Crippen LogP contribution in [0.4, 0.5) is 0 Å². The Bertz CT molecular complexity index is 1290. The Balaban J connectivity index is 1.36. The molecular weight excluding hydrogens is 426 g/mol. The van der Waals surface area contributed by atoms with E-state index in [4.69, 9.17) is 4.74 Å². The van der Waals surface area contributed by atoms with Crippen molar-refractivity contribution in [2.45, 2.75) is 45.8 Å². The van der Waals surface area contributed by atoms with Crippen molar-refractivity contribution in [3.8, 4) is 11.5 Å². The second kappa shape index (κ2) is 11.3. The number of fused-ring (bicyclic) bond motifs is 1. The summed E-state index contributed by atoms with van der Waals surface area (Å²) >= 11 is 0. The zero-order chi connectivity index (χ0) is 23.8. The minimum Gasteiger partial charge on any atom is -0.507 e. The first-order valence-electron chi connectivity index (χ1n) is 11.7. The van der Waals surface area contributed by atoms with Gasteiger partial charge in [-0.3, -0.25) is 9.48 Å². The van der Waals surface area contributed by atoms with Crippen LogP contribution in [0.2, 0.25) is 0 Å². The number of unbranched alkanes of at least 4 members (excludes halogenated alkanes) is 3. The molecule has 1 aromatic heterocycles. The molecule has 0 unspecified atom stereocenters. The molecule has 0 bridgehead atoms. The maximum atomic E-state index is 12.7. The summed E-state index contributed by atoms with van der Waals surface area (Å²) in [6.07, 6.45) is 9.83. The molecule has 34 heavy (non-hydrogen) atoms. The fourth-order valence-electron chi connectivity index (χ4n) is 3.83. The van der Waals surface area contributed by atoms with Gasteiger partial charge >= 0.3 is 0 Å². The highest BCUT2D eigenvalue weighted by molar-refractivity contribution is 6.09. The van der Waals surface area contributed by atoms with Crippen LogP contribution in [0.15, 0.2) is 72.9 Å². The van der Waals surface area contributed by atoms with E-state index in [0.717, 1.165) is 29.3 Å².